The molecule has 3 atom stereocenters. The lowest BCUT2D eigenvalue weighted by molar-refractivity contribution is -0.132. The number of amides is 3. The van der Waals surface area contributed by atoms with Crippen LogP contribution in [0.3, 0.4) is 0 Å². The molecule has 0 aliphatic carbocycles. The van der Waals surface area contributed by atoms with E-state index in [2.05, 4.69) is 20.9 Å². The van der Waals surface area contributed by atoms with Gasteiger partial charge in [0.1, 0.15) is 18.4 Å². The highest BCUT2D eigenvalue weighted by molar-refractivity contribution is 5.98. The Balaban J connectivity index is 2.81. The van der Waals surface area contributed by atoms with E-state index in [1.165, 1.54) is 0 Å². The Labute approximate surface area is 195 Å². The zero-order valence-corrected chi connectivity index (χ0v) is 19.7. The Bertz CT molecular complexity index is 822. The van der Waals surface area contributed by atoms with Crippen molar-refractivity contribution in [2.45, 2.75) is 58.7 Å². The van der Waals surface area contributed by atoms with Crippen LogP contribution in [0.5, 0.6) is 0 Å². The van der Waals surface area contributed by atoms with Crippen molar-refractivity contribution in [3.05, 3.63) is 35.9 Å². The summed E-state index contributed by atoms with van der Waals surface area (Å²) in [6.45, 7) is 7.51. The molecule has 0 fully saturated rings. The number of aliphatic imine (C=N–C) groups is 1. The summed E-state index contributed by atoms with van der Waals surface area (Å²) >= 11 is 0. The summed E-state index contributed by atoms with van der Waals surface area (Å²) in [5.74, 6) is -1.83. The molecule has 182 valence electrons. The quantitative estimate of drug-likeness (QED) is 0.123. The van der Waals surface area contributed by atoms with Gasteiger partial charge < -0.3 is 32.2 Å². The van der Waals surface area contributed by atoms with E-state index in [1.54, 1.807) is 58.0 Å². The van der Waals surface area contributed by atoms with Crippen molar-refractivity contribution in [3.8, 4) is 0 Å². The van der Waals surface area contributed by atoms with Crippen LogP contribution in [0.25, 0.3) is 0 Å². The minimum atomic E-state index is -0.882. The van der Waals surface area contributed by atoms with Gasteiger partial charge in [0.05, 0.1) is 6.04 Å². The number of hydrogen-bond acceptors (Lipinski definition) is 5. The molecule has 0 saturated carbocycles. The van der Waals surface area contributed by atoms with Gasteiger partial charge in [0, 0.05) is 12.1 Å². The van der Waals surface area contributed by atoms with E-state index in [1.807, 2.05) is 0 Å². The number of rotatable bonds is 13. The van der Waals surface area contributed by atoms with Crippen LogP contribution in [0.4, 0.5) is 0 Å². The Morgan fingerprint density at radius 1 is 0.909 bits per heavy atom. The van der Waals surface area contributed by atoms with Crippen molar-refractivity contribution >= 4 is 30.0 Å². The SMILES string of the molecule is CC(C)[C@H](NC(=O)c1ccccc1)C(=O)N[C@H](C(=O)N[C@H](C=O)CCCN=C(N)N)C(C)C. The van der Waals surface area contributed by atoms with Gasteiger partial charge in [-0.2, -0.15) is 0 Å². The number of guanidine groups is 1. The maximum absolute atomic E-state index is 13.0. The highest BCUT2D eigenvalue weighted by atomic mass is 16.2. The smallest absolute Gasteiger partial charge is 0.251 e. The minimum absolute atomic E-state index is 0.0386. The Morgan fingerprint density at radius 3 is 1.97 bits per heavy atom. The van der Waals surface area contributed by atoms with E-state index < -0.39 is 29.9 Å². The molecule has 0 aromatic heterocycles. The standard InChI is InChI=1S/C23H36N6O4/c1-14(2)18(21(32)27-17(13-30)11-8-12-26-23(24)25)29-22(33)19(15(3)4)28-20(31)16-9-6-5-7-10-16/h5-7,9-10,13-15,17-19H,8,11-12H2,1-4H3,(H,27,32)(H,28,31)(H,29,33)(H4,24,25,26)/t17-,18-,19-/m0/s1. The molecule has 0 bridgehead atoms. The maximum atomic E-state index is 13.0. The average Bonchev–Trinajstić information content (AvgIpc) is 2.77. The van der Waals surface area contributed by atoms with Crippen molar-refractivity contribution < 1.29 is 19.2 Å². The zero-order valence-electron chi connectivity index (χ0n) is 19.7. The normalized spacial score (nSPS) is 13.5. The lowest BCUT2D eigenvalue weighted by Gasteiger charge is -2.27. The van der Waals surface area contributed by atoms with Crippen molar-refractivity contribution in [1.82, 2.24) is 16.0 Å². The average molecular weight is 461 g/mol. The second-order valence-corrected chi connectivity index (χ2v) is 8.49. The van der Waals surface area contributed by atoms with Crippen LogP contribution >= 0.6 is 0 Å². The van der Waals surface area contributed by atoms with Crippen LogP contribution in [0.15, 0.2) is 35.3 Å². The van der Waals surface area contributed by atoms with Gasteiger partial charge in [-0.05, 0) is 36.8 Å². The van der Waals surface area contributed by atoms with Crippen LogP contribution < -0.4 is 27.4 Å². The molecule has 1 aromatic rings. The van der Waals surface area contributed by atoms with E-state index in [9.17, 15) is 19.2 Å². The second-order valence-electron chi connectivity index (χ2n) is 8.49. The molecule has 0 aliphatic heterocycles. The fourth-order valence-electron chi connectivity index (χ4n) is 3.09. The molecule has 33 heavy (non-hydrogen) atoms. The van der Waals surface area contributed by atoms with Crippen LogP contribution in [-0.2, 0) is 14.4 Å². The summed E-state index contributed by atoms with van der Waals surface area (Å²) < 4.78 is 0. The summed E-state index contributed by atoms with van der Waals surface area (Å²) in [6.07, 6.45) is 1.50. The zero-order chi connectivity index (χ0) is 25.0. The molecule has 10 nitrogen and oxygen atoms in total. The van der Waals surface area contributed by atoms with Crippen molar-refractivity contribution in [2.75, 3.05) is 6.54 Å². The van der Waals surface area contributed by atoms with Gasteiger partial charge in [-0.25, -0.2) is 0 Å². The first-order valence-corrected chi connectivity index (χ1v) is 11.0. The Kier molecular flexibility index (Phi) is 11.6. The van der Waals surface area contributed by atoms with E-state index in [0.29, 0.717) is 31.2 Å². The molecule has 0 radical (unpaired) electrons. The fraction of sp³-hybridized carbons (Fsp3) is 0.522. The molecule has 0 aliphatic rings. The molecule has 0 spiro atoms. The number of hydrogen-bond donors (Lipinski definition) is 5. The van der Waals surface area contributed by atoms with Crippen molar-refractivity contribution in [1.29, 1.82) is 0 Å². The lowest BCUT2D eigenvalue weighted by Crippen LogP contribution is -2.57. The maximum Gasteiger partial charge on any atom is 0.251 e. The third-order valence-electron chi connectivity index (χ3n) is 4.98. The summed E-state index contributed by atoms with van der Waals surface area (Å²) in [5.41, 5.74) is 11.0. The minimum Gasteiger partial charge on any atom is -0.370 e. The van der Waals surface area contributed by atoms with E-state index >= 15 is 0 Å². The summed E-state index contributed by atoms with van der Waals surface area (Å²) in [7, 11) is 0. The third-order valence-corrected chi connectivity index (χ3v) is 4.98. The van der Waals surface area contributed by atoms with E-state index in [0.717, 1.165) is 0 Å². The van der Waals surface area contributed by atoms with Gasteiger partial charge >= 0.3 is 0 Å². The summed E-state index contributed by atoms with van der Waals surface area (Å²) in [6, 6.07) is 6.12. The van der Waals surface area contributed by atoms with E-state index in [4.69, 9.17) is 11.5 Å². The van der Waals surface area contributed by atoms with Crippen LogP contribution in [0, 0.1) is 11.8 Å². The Morgan fingerprint density at radius 2 is 1.45 bits per heavy atom. The van der Waals surface area contributed by atoms with Crippen molar-refractivity contribution in [2.24, 2.45) is 28.3 Å². The van der Waals surface area contributed by atoms with Gasteiger partial charge in [-0.1, -0.05) is 45.9 Å². The number of nitrogens with two attached hydrogens (primary N) is 2. The molecule has 0 heterocycles. The molecular weight excluding hydrogens is 424 g/mol. The Hall–Kier alpha value is -3.43. The number of nitrogens with zero attached hydrogens (tertiary/aromatic N) is 1. The third kappa shape index (κ3) is 9.71. The predicted octanol–water partition coefficient (Wildman–Crippen LogP) is 0.319. The van der Waals surface area contributed by atoms with Gasteiger partial charge in [-0.3, -0.25) is 19.4 Å². The number of nitrogens with one attached hydrogen (secondary N) is 3. The second kappa shape index (κ2) is 13.9. The molecular formula is C23H36N6O4. The summed E-state index contributed by atoms with van der Waals surface area (Å²) in [5, 5.41) is 8.13. The highest BCUT2D eigenvalue weighted by Gasteiger charge is 2.31. The van der Waals surface area contributed by atoms with Gasteiger partial charge in [-0.15, -0.1) is 0 Å². The predicted molar refractivity (Wildman–Crippen MR) is 127 cm³/mol. The molecule has 10 heteroatoms. The van der Waals surface area contributed by atoms with Crippen LogP contribution in [0.1, 0.15) is 50.9 Å². The number of carbonyl (C=O) groups excluding carboxylic acids is 4. The van der Waals surface area contributed by atoms with Gasteiger partial charge in [0.2, 0.25) is 11.8 Å². The van der Waals surface area contributed by atoms with Gasteiger partial charge in [0.15, 0.2) is 5.96 Å². The fourth-order valence-corrected chi connectivity index (χ4v) is 3.09. The van der Waals surface area contributed by atoms with Crippen LogP contribution in [-0.4, -0.2) is 54.6 Å². The number of carbonyl (C=O) groups is 4. The number of benzene rings is 1. The summed E-state index contributed by atoms with van der Waals surface area (Å²) in [4.78, 5) is 53.6. The first kappa shape index (κ1) is 27.6. The van der Waals surface area contributed by atoms with E-state index in [-0.39, 0.29) is 23.7 Å². The first-order chi connectivity index (χ1) is 15.6. The van der Waals surface area contributed by atoms with Crippen molar-refractivity contribution in [3.63, 3.8) is 0 Å². The molecule has 1 aromatic carbocycles. The molecule has 1 rings (SSSR count). The monoisotopic (exact) mass is 460 g/mol. The molecule has 7 N–H and O–H groups in total. The topological polar surface area (TPSA) is 169 Å². The molecule has 3 amide bonds. The first-order valence-electron chi connectivity index (χ1n) is 11.0. The number of aldehydes is 1. The van der Waals surface area contributed by atoms with Crippen LogP contribution in [0.2, 0.25) is 0 Å². The highest BCUT2D eigenvalue weighted by Crippen LogP contribution is 2.09. The van der Waals surface area contributed by atoms with Gasteiger partial charge in [0.25, 0.3) is 5.91 Å². The molecule has 0 unspecified atom stereocenters. The molecule has 0 saturated heterocycles. The lowest BCUT2D eigenvalue weighted by atomic mass is 9.99. The largest absolute Gasteiger partial charge is 0.370 e.